The molecule has 1 N–H and O–H groups in total. The Morgan fingerprint density at radius 3 is 2.75 bits per heavy atom. The smallest absolute Gasteiger partial charge is 0.306 e. The lowest BCUT2D eigenvalue weighted by molar-refractivity contribution is -0.142. The van der Waals surface area contributed by atoms with Crippen molar-refractivity contribution in [2.45, 2.75) is 32.7 Å². The molecule has 1 heterocycles. The lowest BCUT2D eigenvalue weighted by Crippen LogP contribution is -2.22. The second kappa shape index (κ2) is 4.97. The molecule has 0 spiro atoms. The Labute approximate surface area is 127 Å². The molecule has 106 valence electrons. The van der Waals surface area contributed by atoms with Crippen molar-refractivity contribution in [3.8, 4) is 0 Å². The van der Waals surface area contributed by atoms with Gasteiger partial charge < -0.3 is 9.67 Å². The van der Waals surface area contributed by atoms with E-state index in [-0.39, 0.29) is 5.92 Å². The number of aryl methyl sites for hydroxylation is 1. The molecule has 0 bridgehead atoms. The van der Waals surface area contributed by atoms with E-state index in [1.807, 2.05) is 12.1 Å². The van der Waals surface area contributed by atoms with Gasteiger partial charge in [-0.05, 0) is 43.9 Å². The Balaban J connectivity index is 2.25. The van der Waals surface area contributed by atoms with Crippen molar-refractivity contribution in [3.63, 3.8) is 0 Å². The first kappa shape index (κ1) is 13.8. The van der Waals surface area contributed by atoms with Crippen molar-refractivity contribution in [2.24, 2.45) is 5.92 Å². The number of nitrogens with zero attached hydrogens (tertiary/aromatic N) is 1. The summed E-state index contributed by atoms with van der Waals surface area (Å²) in [7, 11) is 0. The van der Waals surface area contributed by atoms with Gasteiger partial charge >= 0.3 is 5.97 Å². The summed E-state index contributed by atoms with van der Waals surface area (Å²) in [4.78, 5) is 11.2. The third-order valence-electron chi connectivity index (χ3n) is 4.17. The second-order valence-electron chi connectivity index (χ2n) is 5.23. The number of fused-ring (bicyclic) bond motifs is 3. The number of halogens is 2. The first-order chi connectivity index (χ1) is 9.52. The number of carboxylic acids is 1. The zero-order valence-corrected chi connectivity index (χ0v) is 12.6. The summed E-state index contributed by atoms with van der Waals surface area (Å²) in [5.74, 6) is -1.01. The zero-order chi connectivity index (χ0) is 14.4. The predicted molar refractivity (Wildman–Crippen MR) is 80.8 cm³/mol. The highest BCUT2D eigenvalue weighted by Crippen LogP contribution is 2.38. The van der Waals surface area contributed by atoms with Crippen molar-refractivity contribution in [3.05, 3.63) is 33.4 Å². The lowest BCUT2D eigenvalue weighted by atomic mass is 9.86. The SMILES string of the molecule is CCn1c2c(c3cc(Cl)c(Cl)cc31)CC(C(=O)O)CC2. The molecule has 0 aliphatic heterocycles. The van der Waals surface area contributed by atoms with Crippen LogP contribution < -0.4 is 0 Å². The van der Waals surface area contributed by atoms with Gasteiger partial charge in [-0.25, -0.2) is 0 Å². The number of aliphatic carboxylic acids is 1. The lowest BCUT2D eigenvalue weighted by Gasteiger charge is -2.20. The minimum absolute atomic E-state index is 0.298. The fourth-order valence-electron chi connectivity index (χ4n) is 3.21. The first-order valence-corrected chi connectivity index (χ1v) is 7.50. The highest BCUT2D eigenvalue weighted by molar-refractivity contribution is 6.42. The molecule has 1 unspecified atom stereocenters. The van der Waals surface area contributed by atoms with Crippen LogP contribution in [-0.4, -0.2) is 15.6 Å². The molecular formula is C15H15Cl2NO2. The van der Waals surface area contributed by atoms with Crippen LogP contribution in [0.2, 0.25) is 10.0 Å². The van der Waals surface area contributed by atoms with E-state index >= 15 is 0 Å². The van der Waals surface area contributed by atoms with Crippen LogP contribution in [-0.2, 0) is 24.2 Å². The summed E-state index contributed by atoms with van der Waals surface area (Å²) in [6, 6.07) is 3.76. The minimum Gasteiger partial charge on any atom is -0.481 e. The Morgan fingerprint density at radius 2 is 2.10 bits per heavy atom. The van der Waals surface area contributed by atoms with Gasteiger partial charge in [0.05, 0.1) is 21.5 Å². The Morgan fingerprint density at radius 1 is 1.40 bits per heavy atom. The molecule has 3 rings (SSSR count). The summed E-state index contributed by atoms with van der Waals surface area (Å²) in [6.07, 6.45) is 2.07. The van der Waals surface area contributed by atoms with Crippen molar-refractivity contribution in [2.75, 3.05) is 0 Å². The normalized spacial score (nSPS) is 18.2. The quantitative estimate of drug-likeness (QED) is 0.905. The van der Waals surface area contributed by atoms with Crippen LogP contribution in [0.25, 0.3) is 10.9 Å². The van der Waals surface area contributed by atoms with Gasteiger partial charge in [0.1, 0.15) is 0 Å². The summed E-state index contributed by atoms with van der Waals surface area (Å²) in [6.45, 7) is 2.94. The van der Waals surface area contributed by atoms with E-state index in [2.05, 4.69) is 11.5 Å². The molecule has 1 aromatic carbocycles. The Hall–Kier alpha value is -1.19. The van der Waals surface area contributed by atoms with Crippen LogP contribution in [0.5, 0.6) is 0 Å². The van der Waals surface area contributed by atoms with Gasteiger partial charge in [0, 0.05) is 17.6 Å². The monoisotopic (exact) mass is 311 g/mol. The maximum atomic E-state index is 11.2. The minimum atomic E-state index is -0.715. The molecule has 1 atom stereocenters. The molecule has 1 aliphatic carbocycles. The number of benzene rings is 1. The number of rotatable bonds is 2. The van der Waals surface area contributed by atoms with Crippen molar-refractivity contribution in [1.82, 2.24) is 4.57 Å². The van der Waals surface area contributed by atoms with Crippen molar-refractivity contribution < 1.29 is 9.90 Å². The van der Waals surface area contributed by atoms with Crippen molar-refractivity contribution in [1.29, 1.82) is 0 Å². The molecule has 0 saturated heterocycles. The summed E-state index contributed by atoms with van der Waals surface area (Å²) in [5.41, 5.74) is 3.41. The first-order valence-electron chi connectivity index (χ1n) is 6.74. The van der Waals surface area contributed by atoms with E-state index in [1.54, 1.807) is 0 Å². The molecule has 0 amide bonds. The molecule has 2 aromatic rings. The maximum absolute atomic E-state index is 11.2. The largest absolute Gasteiger partial charge is 0.481 e. The van der Waals surface area contributed by atoms with Crippen LogP contribution in [0.1, 0.15) is 24.6 Å². The fraction of sp³-hybridized carbons (Fsp3) is 0.400. The van der Waals surface area contributed by atoms with Gasteiger partial charge in [-0.15, -0.1) is 0 Å². The zero-order valence-electron chi connectivity index (χ0n) is 11.1. The van der Waals surface area contributed by atoms with Crippen LogP contribution >= 0.6 is 23.2 Å². The van der Waals surface area contributed by atoms with Gasteiger partial charge in [-0.2, -0.15) is 0 Å². The molecule has 5 heteroatoms. The van der Waals surface area contributed by atoms with Gasteiger partial charge in [0.25, 0.3) is 0 Å². The van der Waals surface area contributed by atoms with Gasteiger partial charge in [0.15, 0.2) is 0 Å². The summed E-state index contributed by atoms with van der Waals surface area (Å²) in [5, 5.41) is 11.3. The molecule has 1 aliphatic rings. The molecule has 0 saturated carbocycles. The molecule has 20 heavy (non-hydrogen) atoms. The van der Waals surface area contributed by atoms with Crippen LogP contribution in [0.15, 0.2) is 12.1 Å². The number of aromatic nitrogens is 1. The standard InChI is InChI=1S/C15H15Cl2NO2/c1-2-18-13-4-3-8(15(19)20)5-9(13)10-6-11(16)12(17)7-14(10)18/h6-8H,2-5H2,1H3,(H,19,20). The van der Waals surface area contributed by atoms with Gasteiger partial charge in [-0.3, -0.25) is 4.79 Å². The highest BCUT2D eigenvalue weighted by Gasteiger charge is 2.29. The average Bonchev–Trinajstić information content (AvgIpc) is 2.71. The summed E-state index contributed by atoms with van der Waals surface area (Å²) < 4.78 is 2.23. The maximum Gasteiger partial charge on any atom is 0.306 e. The van der Waals surface area contributed by atoms with Crippen LogP contribution in [0.3, 0.4) is 0 Å². The van der Waals surface area contributed by atoms with Gasteiger partial charge in [0.2, 0.25) is 0 Å². The number of hydrogen-bond acceptors (Lipinski definition) is 1. The highest BCUT2D eigenvalue weighted by atomic mass is 35.5. The number of carbonyl (C=O) groups is 1. The van der Waals surface area contributed by atoms with E-state index < -0.39 is 5.97 Å². The summed E-state index contributed by atoms with van der Waals surface area (Å²) >= 11 is 12.2. The molecule has 1 aromatic heterocycles. The third kappa shape index (κ3) is 2.00. The molecule has 0 fully saturated rings. The molecule has 0 radical (unpaired) electrons. The van der Waals surface area contributed by atoms with E-state index in [0.29, 0.717) is 22.9 Å². The average molecular weight is 312 g/mol. The topological polar surface area (TPSA) is 42.2 Å². The Bertz CT molecular complexity index is 706. The number of carboxylic acid groups (broad SMARTS) is 1. The Kier molecular flexibility index (Phi) is 3.43. The van der Waals surface area contributed by atoms with Crippen molar-refractivity contribution >= 4 is 40.1 Å². The van der Waals surface area contributed by atoms with Gasteiger partial charge in [-0.1, -0.05) is 23.2 Å². The van der Waals surface area contributed by atoms with Crippen LogP contribution in [0, 0.1) is 5.92 Å². The fourth-order valence-corrected chi connectivity index (χ4v) is 3.53. The van der Waals surface area contributed by atoms with E-state index in [0.717, 1.165) is 29.4 Å². The molecular weight excluding hydrogens is 297 g/mol. The third-order valence-corrected chi connectivity index (χ3v) is 4.90. The molecule has 3 nitrogen and oxygen atoms in total. The van der Waals surface area contributed by atoms with E-state index in [9.17, 15) is 9.90 Å². The van der Waals surface area contributed by atoms with E-state index in [1.165, 1.54) is 5.69 Å². The van der Waals surface area contributed by atoms with Crippen LogP contribution in [0.4, 0.5) is 0 Å². The van der Waals surface area contributed by atoms with E-state index in [4.69, 9.17) is 23.2 Å². The predicted octanol–water partition coefficient (Wildman–Crippen LogP) is 4.16. The second-order valence-corrected chi connectivity index (χ2v) is 6.05. The number of hydrogen-bond donors (Lipinski definition) is 1.